The molecule has 9 heteroatoms. The molecule has 3 rings (SSSR count). The summed E-state index contributed by atoms with van der Waals surface area (Å²) in [4.78, 5) is 30.6. The van der Waals surface area contributed by atoms with E-state index in [1.54, 1.807) is 12.1 Å². The predicted octanol–water partition coefficient (Wildman–Crippen LogP) is 1.51. The Labute approximate surface area is 149 Å². The lowest BCUT2D eigenvalue weighted by Crippen LogP contribution is -2.53. The molecule has 7 nitrogen and oxygen atoms in total. The van der Waals surface area contributed by atoms with E-state index in [1.807, 2.05) is 4.90 Å². The zero-order valence-electron chi connectivity index (χ0n) is 12.7. The number of ether oxygens (including phenoxy) is 1. The van der Waals surface area contributed by atoms with Crippen molar-refractivity contribution in [2.24, 2.45) is 4.99 Å². The smallest absolute Gasteiger partial charge is 0.249 e. The second-order valence-electron chi connectivity index (χ2n) is 5.43. The van der Waals surface area contributed by atoms with E-state index in [-0.39, 0.29) is 18.2 Å². The van der Waals surface area contributed by atoms with E-state index in [2.05, 4.69) is 15.6 Å². The molecule has 0 saturated carbocycles. The monoisotopic (exact) mass is 370 g/mol. The average molecular weight is 371 g/mol. The minimum Gasteiger partial charge on any atom is -0.378 e. The molecule has 0 bridgehead atoms. The van der Waals surface area contributed by atoms with Gasteiger partial charge in [-0.1, -0.05) is 23.2 Å². The number of morpholine rings is 1. The summed E-state index contributed by atoms with van der Waals surface area (Å²) in [6, 6.07) is 3.97. The number of nitrogens with one attached hydrogen (secondary N) is 2. The van der Waals surface area contributed by atoms with Gasteiger partial charge in [0, 0.05) is 18.1 Å². The van der Waals surface area contributed by atoms with Gasteiger partial charge in [-0.15, -0.1) is 0 Å². The second-order valence-corrected chi connectivity index (χ2v) is 6.28. The second kappa shape index (κ2) is 7.38. The van der Waals surface area contributed by atoms with Crippen molar-refractivity contribution in [3.05, 3.63) is 28.2 Å². The molecular weight excluding hydrogens is 355 g/mol. The van der Waals surface area contributed by atoms with Gasteiger partial charge in [0.15, 0.2) is 0 Å². The summed E-state index contributed by atoms with van der Waals surface area (Å²) in [5.41, 5.74) is 0.431. The number of rotatable bonds is 2. The number of anilines is 1. The van der Waals surface area contributed by atoms with E-state index >= 15 is 0 Å². The van der Waals surface area contributed by atoms with Gasteiger partial charge in [-0.2, -0.15) is 0 Å². The fourth-order valence-corrected chi connectivity index (χ4v) is 2.93. The Morgan fingerprint density at radius 3 is 2.79 bits per heavy atom. The Bertz CT molecular complexity index is 689. The van der Waals surface area contributed by atoms with Crippen molar-refractivity contribution < 1.29 is 14.3 Å². The van der Waals surface area contributed by atoms with Crippen molar-refractivity contribution in [1.82, 2.24) is 10.2 Å². The lowest BCUT2D eigenvalue weighted by molar-refractivity contribution is -0.125. The van der Waals surface area contributed by atoms with E-state index in [0.717, 1.165) is 0 Å². The first-order valence-electron chi connectivity index (χ1n) is 7.49. The SMILES string of the molecule is O=C1CC(C(=O)Nc2ccc(Cl)cc2Cl)N=C(N2CCOCC2)N1. The number of hydrogen-bond donors (Lipinski definition) is 2. The van der Waals surface area contributed by atoms with Crippen molar-refractivity contribution in [3.63, 3.8) is 0 Å². The van der Waals surface area contributed by atoms with Crippen molar-refractivity contribution >= 4 is 46.7 Å². The number of nitrogens with zero attached hydrogens (tertiary/aromatic N) is 2. The minimum absolute atomic E-state index is 0.00905. The summed E-state index contributed by atoms with van der Waals surface area (Å²) in [6.45, 7) is 2.37. The highest BCUT2D eigenvalue weighted by Gasteiger charge is 2.30. The number of halogens is 2. The normalized spacial score (nSPS) is 21.1. The molecule has 2 N–H and O–H groups in total. The van der Waals surface area contributed by atoms with Crippen LogP contribution < -0.4 is 10.6 Å². The lowest BCUT2D eigenvalue weighted by Gasteiger charge is -2.32. The number of hydrogen-bond acceptors (Lipinski definition) is 5. The molecule has 2 aliphatic heterocycles. The van der Waals surface area contributed by atoms with Gasteiger partial charge in [0.05, 0.1) is 30.3 Å². The number of carbonyl (C=O) groups is 2. The van der Waals surface area contributed by atoms with Crippen LogP contribution in [-0.2, 0) is 14.3 Å². The van der Waals surface area contributed by atoms with Gasteiger partial charge >= 0.3 is 0 Å². The number of amides is 2. The summed E-state index contributed by atoms with van der Waals surface area (Å²) in [5, 5.41) is 6.20. The van der Waals surface area contributed by atoms with Crippen LogP contribution in [0.2, 0.25) is 10.0 Å². The molecule has 2 amide bonds. The van der Waals surface area contributed by atoms with Crippen LogP contribution in [0.15, 0.2) is 23.2 Å². The molecule has 1 aromatic carbocycles. The van der Waals surface area contributed by atoms with Crippen LogP contribution in [0.3, 0.4) is 0 Å². The summed E-state index contributed by atoms with van der Waals surface area (Å²) in [5.74, 6) is -0.217. The molecule has 128 valence electrons. The Balaban J connectivity index is 1.74. The van der Waals surface area contributed by atoms with Gasteiger partial charge in [-0.05, 0) is 18.2 Å². The van der Waals surface area contributed by atoms with Crippen molar-refractivity contribution in [3.8, 4) is 0 Å². The number of carbonyl (C=O) groups excluding carboxylic acids is 2. The Kier molecular flexibility index (Phi) is 5.23. The summed E-state index contributed by atoms with van der Waals surface area (Å²) >= 11 is 11.9. The zero-order chi connectivity index (χ0) is 17.1. The van der Waals surface area contributed by atoms with E-state index in [9.17, 15) is 9.59 Å². The summed E-state index contributed by atoms with van der Waals surface area (Å²) in [6.07, 6.45) is -0.00905. The molecule has 1 atom stereocenters. The van der Waals surface area contributed by atoms with E-state index < -0.39 is 6.04 Å². The highest BCUT2D eigenvalue weighted by Crippen LogP contribution is 2.26. The maximum absolute atomic E-state index is 12.4. The molecule has 0 radical (unpaired) electrons. The van der Waals surface area contributed by atoms with Crippen LogP contribution in [-0.4, -0.2) is 55.0 Å². The average Bonchev–Trinajstić information content (AvgIpc) is 2.57. The molecule has 1 unspecified atom stereocenters. The van der Waals surface area contributed by atoms with E-state index in [0.29, 0.717) is 48.0 Å². The Morgan fingerprint density at radius 2 is 2.08 bits per heavy atom. The number of benzene rings is 1. The fraction of sp³-hybridized carbons (Fsp3) is 0.400. The van der Waals surface area contributed by atoms with Crippen LogP contribution in [0.5, 0.6) is 0 Å². The van der Waals surface area contributed by atoms with Crippen LogP contribution in [0.4, 0.5) is 5.69 Å². The van der Waals surface area contributed by atoms with Gasteiger partial charge in [-0.3, -0.25) is 14.9 Å². The van der Waals surface area contributed by atoms with Crippen LogP contribution in [0.25, 0.3) is 0 Å². The molecule has 1 fully saturated rings. The minimum atomic E-state index is -0.802. The van der Waals surface area contributed by atoms with Crippen LogP contribution in [0, 0.1) is 0 Å². The third-order valence-electron chi connectivity index (χ3n) is 3.71. The highest BCUT2D eigenvalue weighted by molar-refractivity contribution is 6.36. The number of aliphatic imine (C=N–C) groups is 1. The first-order chi connectivity index (χ1) is 11.5. The van der Waals surface area contributed by atoms with Gasteiger partial charge in [0.2, 0.25) is 17.8 Å². The largest absolute Gasteiger partial charge is 0.378 e. The molecule has 0 aromatic heterocycles. The van der Waals surface area contributed by atoms with Crippen molar-refractivity contribution in [2.45, 2.75) is 12.5 Å². The summed E-state index contributed by atoms with van der Waals surface area (Å²) < 4.78 is 5.28. The Hall–Kier alpha value is -1.83. The van der Waals surface area contributed by atoms with Gasteiger partial charge < -0.3 is 15.0 Å². The Morgan fingerprint density at radius 1 is 1.33 bits per heavy atom. The summed E-state index contributed by atoms with van der Waals surface area (Å²) in [7, 11) is 0. The molecule has 1 saturated heterocycles. The maximum Gasteiger partial charge on any atom is 0.249 e. The molecular formula is C15H16Cl2N4O3. The molecule has 2 heterocycles. The van der Waals surface area contributed by atoms with Gasteiger partial charge in [-0.25, -0.2) is 4.99 Å². The predicted molar refractivity (Wildman–Crippen MR) is 91.5 cm³/mol. The van der Waals surface area contributed by atoms with Crippen LogP contribution >= 0.6 is 23.2 Å². The zero-order valence-corrected chi connectivity index (χ0v) is 14.2. The topological polar surface area (TPSA) is 83.0 Å². The lowest BCUT2D eigenvalue weighted by atomic mass is 10.1. The molecule has 1 aromatic rings. The van der Waals surface area contributed by atoms with Crippen LogP contribution in [0.1, 0.15) is 6.42 Å². The maximum atomic E-state index is 12.4. The molecule has 24 heavy (non-hydrogen) atoms. The fourth-order valence-electron chi connectivity index (χ4n) is 2.47. The van der Waals surface area contributed by atoms with E-state index in [4.69, 9.17) is 27.9 Å². The number of guanidine groups is 1. The standard InChI is InChI=1S/C15H16Cl2N4O3/c16-9-1-2-11(10(17)7-9)18-14(23)12-8-13(22)20-15(19-12)21-3-5-24-6-4-21/h1-2,7,12H,3-6,8H2,(H,18,23)(H,19,20,22). The van der Waals surface area contributed by atoms with Crippen molar-refractivity contribution in [2.75, 3.05) is 31.6 Å². The van der Waals surface area contributed by atoms with Gasteiger partial charge in [0.1, 0.15) is 6.04 Å². The highest BCUT2D eigenvalue weighted by atomic mass is 35.5. The molecule has 2 aliphatic rings. The van der Waals surface area contributed by atoms with E-state index in [1.165, 1.54) is 6.07 Å². The third kappa shape index (κ3) is 3.98. The van der Waals surface area contributed by atoms with Gasteiger partial charge in [0.25, 0.3) is 0 Å². The van der Waals surface area contributed by atoms with Crippen molar-refractivity contribution in [1.29, 1.82) is 0 Å². The first kappa shape index (κ1) is 17.0. The quantitative estimate of drug-likeness (QED) is 0.826. The third-order valence-corrected chi connectivity index (χ3v) is 4.26. The molecule has 0 aliphatic carbocycles. The first-order valence-corrected chi connectivity index (χ1v) is 8.25. The molecule has 0 spiro atoms.